The molecule has 212 valence electrons. The van der Waals surface area contributed by atoms with Gasteiger partial charge in [0.2, 0.25) is 0 Å². The maximum absolute atomic E-state index is 5.73. The van der Waals surface area contributed by atoms with Crippen molar-refractivity contribution >= 4 is 21.8 Å². The lowest BCUT2D eigenvalue weighted by Gasteiger charge is -2.30. The molecule has 2 heterocycles. The number of methoxy groups -OCH3 is 1. The van der Waals surface area contributed by atoms with Gasteiger partial charge in [-0.3, -0.25) is 4.57 Å². The molecule has 2 aliphatic carbocycles. The average Bonchev–Trinajstić information content (AvgIpc) is 3.64. The van der Waals surface area contributed by atoms with E-state index in [0.29, 0.717) is 0 Å². The van der Waals surface area contributed by atoms with Gasteiger partial charge < -0.3 is 4.74 Å². The summed E-state index contributed by atoms with van der Waals surface area (Å²) in [6.45, 7) is 6.76. The number of fused-ring (bicyclic) bond motifs is 13. The zero-order chi connectivity index (χ0) is 29.8. The van der Waals surface area contributed by atoms with Crippen molar-refractivity contribution in [3.63, 3.8) is 0 Å². The molecule has 0 fully saturated rings. The van der Waals surface area contributed by atoms with Gasteiger partial charge in [0.1, 0.15) is 11.6 Å². The van der Waals surface area contributed by atoms with E-state index in [1.807, 2.05) is 6.20 Å². The Bertz CT molecular complexity index is 2270. The summed E-state index contributed by atoms with van der Waals surface area (Å²) in [5, 5.41) is 2.41. The van der Waals surface area contributed by atoms with E-state index in [2.05, 4.69) is 141 Å². The third-order valence-corrected chi connectivity index (χ3v) is 9.93. The molecule has 0 radical (unpaired) electrons. The molecule has 44 heavy (non-hydrogen) atoms. The topological polar surface area (TPSA) is 27.1 Å². The predicted octanol–water partition coefficient (Wildman–Crippen LogP) is 9.83. The fourth-order valence-electron chi connectivity index (χ4n) is 7.96. The summed E-state index contributed by atoms with van der Waals surface area (Å²) in [5.41, 5.74) is 13.7. The highest BCUT2D eigenvalue weighted by molar-refractivity contribution is 6.12. The van der Waals surface area contributed by atoms with Crippen molar-refractivity contribution in [1.82, 2.24) is 9.55 Å². The molecule has 0 atom stereocenters. The lowest BCUT2D eigenvalue weighted by atomic mass is 9.70. The SMILES string of the molecule is COc1ccc2c3cc4c(cc3n(-c3cc(C(C)(C)C)ccn3)c2c1)C1(c2ccccc2-c2ccccc21)c1ccccc1-4. The first-order valence-corrected chi connectivity index (χ1v) is 15.3. The Hall–Kier alpha value is -5.15. The lowest BCUT2D eigenvalue weighted by Crippen LogP contribution is -2.25. The quantitative estimate of drug-likeness (QED) is 0.208. The number of aromatic nitrogens is 2. The molecule has 5 aromatic carbocycles. The van der Waals surface area contributed by atoms with E-state index in [-0.39, 0.29) is 5.41 Å². The summed E-state index contributed by atoms with van der Waals surface area (Å²) in [6, 6.07) is 42.6. The molecule has 2 aromatic heterocycles. The first-order valence-electron chi connectivity index (χ1n) is 15.3. The molecule has 0 bridgehead atoms. The summed E-state index contributed by atoms with van der Waals surface area (Å²) in [4.78, 5) is 4.97. The predicted molar refractivity (Wildman–Crippen MR) is 180 cm³/mol. The summed E-state index contributed by atoms with van der Waals surface area (Å²) in [6.07, 6.45) is 1.95. The average molecular weight is 569 g/mol. The fraction of sp³-hybridized carbons (Fsp3) is 0.146. The van der Waals surface area contributed by atoms with Crippen LogP contribution in [-0.2, 0) is 10.8 Å². The summed E-state index contributed by atoms with van der Waals surface area (Å²) < 4.78 is 8.07. The molecule has 9 rings (SSSR count). The van der Waals surface area contributed by atoms with Crippen LogP contribution in [0, 0.1) is 0 Å². The second kappa shape index (κ2) is 8.70. The fourth-order valence-corrected chi connectivity index (χ4v) is 7.96. The standard InChI is InChI=1S/C41H32N2O/c1-40(2,3)25-19-20-42-39(21-25)43-37-22-26(44-4)17-18-30(37)32-23-31-29-13-7-10-16-35(29)41(36(31)24-38(32)43)33-14-8-5-11-27(33)28-12-6-9-15-34(28)41/h5-24H,1-4H3. The van der Waals surface area contributed by atoms with Crippen LogP contribution in [0.1, 0.15) is 48.6 Å². The van der Waals surface area contributed by atoms with E-state index in [4.69, 9.17) is 9.72 Å². The van der Waals surface area contributed by atoms with Crippen molar-refractivity contribution in [2.24, 2.45) is 0 Å². The summed E-state index contributed by atoms with van der Waals surface area (Å²) in [7, 11) is 1.73. The molecule has 0 aliphatic heterocycles. The Balaban J connectivity index is 1.46. The van der Waals surface area contributed by atoms with Crippen molar-refractivity contribution in [3.05, 3.63) is 149 Å². The van der Waals surface area contributed by atoms with Crippen LogP contribution in [0.4, 0.5) is 0 Å². The van der Waals surface area contributed by atoms with Gasteiger partial charge in [0.15, 0.2) is 0 Å². The van der Waals surface area contributed by atoms with Crippen LogP contribution in [0.15, 0.2) is 121 Å². The summed E-state index contributed by atoms with van der Waals surface area (Å²) >= 11 is 0. The van der Waals surface area contributed by atoms with E-state index in [9.17, 15) is 0 Å². The molecule has 3 heteroatoms. The Morgan fingerprint density at radius 3 is 1.80 bits per heavy atom. The molecule has 0 saturated carbocycles. The Morgan fingerprint density at radius 1 is 0.591 bits per heavy atom. The first kappa shape index (κ1) is 25.4. The first-order chi connectivity index (χ1) is 21.4. The van der Waals surface area contributed by atoms with Crippen LogP contribution in [0.3, 0.4) is 0 Å². The number of ether oxygens (including phenoxy) is 1. The molecule has 1 spiro atoms. The minimum atomic E-state index is -0.396. The van der Waals surface area contributed by atoms with E-state index in [1.54, 1.807) is 7.11 Å². The van der Waals surface area contributed by atoms with Gasteiger partial charge in [-0.2, -0.15) is 0 Å². The number of hydrogen-bond acceptors (Lipinski definition) is 2. The normalized spacial score (nSPS) is 14.1. The third-order valence-electron chi connectivity index (χ3n) is 9.93. The largest absolute Gasteiger partial charge is 0.497 e. The van der Waals surface area contributed by atoms with E-state index in [0.717, 1.165) is 22.6 Å². The van der Waals surface area contributed by atoms with Crippen molar-refractivity contribution < 1.29 is 4.74 Å². The Morgan fingerprint density at radius 2 is 1.18 bits per heavy atom. The van der Waals surface area contributed by atoms with Gasteiger partial charge in [-0.05, 0) is 91.9 Å². The minimum Gasteiger partial charge on any atom is -0.497 e. The van der Waals surface area contributed by atoms with E-state index >= 15 is 0 Å². The second-order valence-electron chi connectivity index (χ2n) is 13.2. The number of pyridine rings is 1. The zero-order valence-corrected chi connectivity index (χ0v) is 25.3. The van der Waals surface area contributed by atoms with Crippen LogP contribution >= 0.6 is 0 Å². The highest BCUT2D eigenvalue weighted by atomic mass is 16.5. The number of rotatable bonds is 2. The van der Waals surface area contributed by atoms with Gasteiger partial charge in [-0.25, -0.2) is 4.98 Å². The van der Waals surface area contributed by atoms with Gasteiger partial charge in [-0.1, -0.05) is 93.6 Å². The molecular formula is C41H32N2O. The molecule has 0 saturated heterocycles. The summed E-state index contributed by atoms with van der Waals surface area (Å²) in [5.74, 6) is 1.75. The maximum Gasteiger partial charge on any atom is 0.137 e. The molecule has 0 amide bonds. The van der Waals surface area contributed by atoms with Gasteiger partial charge >= 0.3 is 0 Å². The molecule has 3 nitrogen and oxygen atoms in total. The maximum atomic E-state index is 5.73. The van der Waals surface area contributed by atoms with Gasteiger partial charge in [-0.15, -0.1) is 0 Å². The minimum absolute atomic E-state index is 0.00163. The number of benzene rings is 5. The highest BCUT2D eigenvalue weighted by Crippen LogP contribution is 2.63. The van der Waals surface area contributed by atoms with Crippen molar-refractivity contribution in [2.75, 3.05) is 7.11 Å². The third kappa shape index (κ3) is 3.14. The molecule has 0 N–H and O–H groups in total. The molecule has 2 aliphatic rings. The van der Waals surface area contributed by atoms with Crippen molar-refractivity contribution in [1.29, 1.82) is 0 Å². The van der Waals surface area contributed by atoms with Crippen LogP contribution in [-0.4, -0.2) is 16.7 Å². The second-order valence-corrected chi connectivity index (χ2v) is 13.2. The Kier molecular flexibility index (Phi) is 5.02. The molecule has 0 unspecified atom stereocenters. The zero-order valence-electron chi connectivity index (χ0n) is 25.3. The van der Waals surface area contributed by atoms with Crippen LogP contribution in [0.5, 0.6) is 5.75 Å². The van der Waals surface area contributed by atoms with Crippen LogP contribution in [0.2, 0.25) is 0 Å². The van der Waals surface area contributed by atoms with Gasteiger partial charge in [0.05, 0.1) is 23.6 Å². The van der Waals surface area contributed by atoms with E-state index < -0.39 is 5.41 Å². The smallest absolute Gasteiger partial charge is 0.137 e. The Labute approximate surface area is 257 Å². The lowest BCUT2D eigenvalue weighted by molar-refractivity contribution is 0.415. The van der Waals surface area contributed by atoms with E-state index in [1.165, 1.54) is 60.8 Å². The molecule has 7 aromatic rings. The molecular weight excluding hydrogens is 536 g/mol. The number of nitrogens with zero attached hydrogens (tertiary/aromatic N) is 2. The van der Waals surface area contributed by atoms with Crippen LogP contribution < -0.4 is 4.74 Å². The highest BCUT2D eigenvalue weighted by Gasteiger charge is 2.51. The number of hydrogen-bond donors (Lipinski definition) is 0. The van der Waals surface area contributed by atoms with Crippen LogP contribution in [0.25, 0.3) is 49.9 Å². The van der Waals surface area contributed by atoms with Crippen molar-refractivity contribution in [2.45, 2.75) is 31.6 Å². The van der Waals surface area contributed by atoms with Crippen molar-refractivity contribution in [3.8, 4) is 33.8 Å². The monoisotopic (exact) mass is 568 g/mol. The van der Waals surface area contributed by atoms with Gasteiger partial charge in [0.25, 0.3) is 0 Å². The van der Waals surface area contributed by atoms with Gasteiger partial charge in [0, 0.05) is 23.0 Å².